The lowest BCUT2D eigenvalue weighted by atomic mass is 9.44. The molecule has 8 aliphatic carbocycles. The average Bonchev–Trinajstić information content (AvgIpc) is 1.49. The second-order valence-corrected chi connectivity index (χ2v) is 46.3. The van der Waals surface area contributed by atoms with Gasteiger partial charge in [-0.05, 0) is 371 Å². The van der Waals surface area contributed by atoms with Crippen molar-refractivity contribution in [2.75, 3.05) is 156 Å². The van der Waals surface area contributed by atoms with E-state index < -0.39 is 0 Å². The Balaban J connectivity index is 0.000000193. The van der Waals surface area contributed by atoms with Gasteiger partial charge in [-0.25, -0.2) is 0 Å². The van der Waals surface area contributed by atoms with E-state index in [1.54, 1.807) is 57.7 Å². The lowest BCUT2D eigenvalue weighted by Crippen LogP contribution is -2.56. The molecule has 1 saturated heterocycles. The van der Waals surface area contributed by atoms with Gasteiger partial charge in [0.2, 0.25) is 0 Å². The van der Waals surface area contributed by atoms with Gasteiger partial charge in [-0.3, -0.25) is 19.2 Å². The third-order valence-electron chi connectivity index (χ3n) is 35.3. The van der Waals surface area contributed by atoms with E-state index in [-0.39, 0.29) is 52.4 Å². The number of aliphatic hydroxyl groups is 1. The van der Waals surface area contributed by atoms with Crippen molar-refractivity contribution in [1.82, 2.24) is 45.8 Å². The van der Waals surface area contributed by atoms with Crippen molar-refractivity contribution >= 4 is 39.1 Å². The van der Waals surface area contributed by atoms with Crippen LogP contribution in [0.25, 0.3) is 0 Å². The van der Waals surface area contributed by atoms with Crippen molar-refractivity contribution in [3.63, 3.8) is 0 Å². The van der Waals surface area contributed by atoms with E-state index in [4.69, 9.17) is 33.2 Å². The molecule has 12 unspecified atom stereocenters. The molecule has 23 heteroatoms. The molecule has 0 bridgehead atoms. The Bertz CT molecular complexity index is 4900. The first-order valence-corrected chi connectivity index (χ1v) is 57.2. The number of aliphatic hydroxyl groups excluding tert-OH is 1. The van der Waals surface area contributed by atoms with Gasteiger partial charge in [-0.2, -0.15) is 0 Å². The number of nitrogens with zero attached hydrogens (tertiary/aromatic N) is 5. The Labute approximate surface area is 889 Å². The fraction of sp³-hybridized carbons (Fsp3) is 0.675. The molecule has 1 aliphatic heterocycles. The molecule has 6 N–H and O–H groups in total. The first-order valence-electron chi connectivity index (χ1n) is 56.1. The first-order chi connectivity index (χ1) is 70.0. The van der Waals surface area contributed by atoms with Crippen molar-refractivity contribution < 1.29 is 62.5 Å². The molecule has 0 radical (unpaired) electrons. The molecule has 1 spiro atoms. The number of carbonyl (C=O) groups is 4. The van der Waals surface area contributed by atoms with E-state index in [1.165, 1.54) is 61.6 Å². The Morgan fingerprint density at radius 2 is 0.829 bits per heavy atom. The number of phenols is 1. The van der Waals surface area contributed by atoms with E-state index in [1.807, 2.05) is 55.4 Å². The number of likely N-dealkylation sites (N-methyl/N-ethyl adjacent to an activating group) is 5. The SMILES string of the molecule is CCC(CC)NC(CN(C)C)c1cccc(O)c1.CCC(CC)NC(CN(C)C)c1cccc(OC)c1.CCC(CC)NC(CN(C)C)c1cccc(OCC[C@]23CCC4C(CCC5CC(=O)CC[C@@]54C)C2CC[C@@H]3O)c1.CCC(CC)NC(CN(C)C)c1cccc(OCC[C@]23CCC4C(CCC5CC6(CC[C@@]54C)OCCO6)C2CCC3=O)c1.COc1cccc(C(=O)CBr)c1.COc1cccc(C(=O)CN(C)C)c1. The van der Waals surface area contributed by atoms with Gasteiger partial charge in [0.05, 0.1) is 65.7 Å². The quantitative estimate of drug-likeness (QED) is 0.0154. The Hall–Kier alpha value is -7.20. The highest BCUT2D eigenvalue weighted by atomic mass is 79.9. The minimum absolute atomic E-state index is 0.00303. The second-order valence-electron chi connectivity index (χ2n) is 45.8. The van der Waals surface area contributed by atoms with Crippen LogP contribution in [0.3, 0.4) is 0 Å². The molecule has 8 saturated carbocycles. The summed E-state index contributed by atoms with van der Waals surface area (Å²) >= 11 is 3.11. The standard InChI is InChI=1S/C37H58N2O4.C35H56N2O3.C16H28N2O.C15H26N2O.C11H15NO2.C9H9BrO2/c1-6-28(7-2)38-33(25-39(4)5)26-9-8-10-29(23-26)41-20-19-36-16-15-31-30(32(36)13-14-34(36)40)12-11-27-24-37(42-21-22-43-37)18-17-35(27,31)3;1-6-26(7-2)36-32(23-37(4)5)24-9-8-10-28(21-24)40-20-19-35-18-16-30-29(31(35)13-14-33(35)39)12-11-25-22-27(38)15-17-34(25,30)3;1-6-14(7-2)17-16(12-18(3)4)13-9-8-10-15(11-13)19-5;1-5-13(6-2)16-15(11-17(3)4)12-8-7-9-14(18)10-12;1-12(2)8-11(13)9-5-4-6-10(7-9)14-3;1-12-8-4-2-3-7(5-8)9(11)6-10/h8-10,23,27-28,30-33,38H,6-7,11-22,24-25H2,1-5H3;8-10,21,25-26,29-33,36,39H,6-7,11-20,22-23H2,1-5H3;8-11,14,16-17H,6-7,12H2,1-5H3;7-10,13,15-16,18H,5-6,11H2,1-4H3;4-7H,8H2,1-3H3;2-5H,6H2,1H3/t27?,30?,31?,32?,33?,35-,36+;25?,29?,30?,31?,32?,33-,34-,35+;;;;/m00..../s1. The number of hydrogen-bond acceptors (Lipinski definition) is 22. The first kappa shape index (κ1) is 121. The van der Waals surface area contributed by atoms with Gasteiger partial charge in [0, 0.05) is 129 Å². The molecule has 6 aromatic rings. The lowest BCUT2D eigenvalue weighted by Gasteiger charge is -2.61. The molecule has 6 aromatic carbocycles. The molecule has 0 aromatic heterocycles. The number of aromatic hydroxyl groups is 1. The van der Waals surface area contributed by atoms with E-state index in [2.05, 4.69) is 255 Å². The molecule has 17 atom stereocenters. The zero-order valence-corrected chi connectivity index (χ0v) is 95.6. The third-order valence-corrected chi connectivity index (χ3v) is 35.8. The highest BCUT2D eigenvalue weighted by Crippen LogP contribution is 2.69. The van der Waals surface area contributed by atoms with Crippen LogP contribution >= 0.6 is 15.9 Å². The molecule has 146 heavy (non-hydrogen) atoms. The number of ketones is 4. The summed E-state index contributed by atoms with van der Waals surface area (Å²) in [5, 5.41) is 36.5. The number of benzene rings is 6. The average molecular weight is 2080 g/mol. The number of rotatable bonds is 44. The van der Waals surface area contributed by atoms with Crippen molar-refractivity contribution in [2.45, 2.75) is 309 Å². The van der Waals surface area contributed by atoms with Crippen LogP contribution < -0.4 is 45.0 Å². The maximum Gasteiger partial charge on any atom is 0.176 e. The largest absolute Gasteiger partial charge is 0.508 e. The molecule has 15 rings (SSSR count). The van der Waals surface area contributed by atoms with Gasteiger partial charge in [0.1, 0.15) is 46.1 Å². The van der Waals surface area contributed by atoms with Gasteiger partial charge in [0.25, 0.3) is 0 Å². The predicted molar refractivity (Wildman–Crippen MR) is 599 cm³/mol. The summed E-state index contributed by atoms with van der Waals surface area (Å²) < 4.78 is 40.7. The van der Waals surface area contributed by atoms with Gasteiger partial charge >= 0.3 is 0 Å². The number of phenolic OH excluding ortho intramolecular Hbond substituents is 1. The number of ether oxygens (including phenoxy) is 7. The molecular formula is C123H192BrN9O13. The van der Waals surface area contributed by atoms with Crippen LogP contribution in [-0.4, -0.2) is 250 Å². The van der Waals surface area contributed by atoms with E-state index in [0.717, 1.165) is 215 Å². The number of halogens is 1. The number of hydrogen-bond donors (Lipinski definition) is 6. The molecule has 22 nitrogen and oxygen atoms in total. The molecular weight excluding hydrogens is 1890 g/mol. The lowest BCUT2D eigenvalue weighted by molar-refractivity contribution is -0.229. The smallest absolute Gasteiger partial charge is 0.176 e. The summed E-state index contributed by atoms with van der Waals surface area (Å²) in [7, 11) is 25.6. The van der Waals surface area contributed by atoms with Gasteiger partial charge in [-0.1, -0.05) is 158 Å². The summed E-state index contributed by atoms with van der Waals surface area (Å²) in [5.41, 5.74) is 6.85. The highest BCUT2D eigenvalue weighted by molar-refractivity contribution is 9.09. The molecule has 814 valence electrons. The normalized spacial score (nSPS) is 25.5. The topological polar surface area (TPSA) is 238 Å². The van der Waals surface area contributed by atoms with Crippen LogP contribution in [-0.2, 0) is 19.1 Å². The molecule has 1 heterocycles. The molecule has 9 fully saturated rings. The van der Waals surface area contributed by atoms with Crippen LogP contribution in [0.5, 0.6) is 34.5 Å². The fourth-order valence-electron chi connectivity index (χ4n) is 27.0. The summed E-state index contributed by atoms with van der Waals surface area (Å²) in [4.78, 5) is 59.5. The van der Waals surface area contributed by atoms with Crippen molar-refractivity contribution in [3.05, 3.63) is 179 Å². The van der Waals surface area contributed by atoms with Gasteiger partial charge < -0.3 is 89.1 Å². The molecule has 0 amide bonds. The highest BCUT2D eigenvalue weighted by Gasteiger charge is 2.65. The minimum atomic E-state index is -0.302. The van der Waals surface area contributed by atoms with Crippen molar-refractivity contribution in [3.8, 4) is 34.5 Å². The number of alkyl halides is 1. The zero-order chi connectivity index (χ0) is 106. The van der Waals surface area contributed by atoms with Crippen LogP contribution in [0, 0.1) is 69.0 Å². The van der Waals surface area contributed by atoms with Crippen molar-refractivity contribution in [2.24, 2.45) is 69.0 Å². The Kier molecular flexibility index (Phi) is 48.4. The van der Waals surface area contributed by atoms with Crippen LogP contribution in [0.4, 0.5) is 0 Å². The van der Waals surface area contributed by atoms with Crippen molar-refractivity contribution in [1.29, 1.82) is 0 Å². The van der Waals surface area contributed by atoms with E-state index >= 15 is 0 Å². The summed E-state index contributed by atoms with van der Waals surface area (Å²) in [6, 6.07) is 50.8. The van der Waals surface area contributed by atoms with Crippen LogP contribution in [0.1, 0.15) is 316 Å². The van der Waals surface area contributed by atoms with Crippen LogP contribution in [0.2, 0.25) is 0 Å². The summed E-state index contributed by atoms with van der Waals surface area (Å²) in [5.74, 6) is 10.6. The van der Waals surface area contributed by atoms with E-state index in [9.17, 15) is 29.4 Å². The maximum absolute atomic E-state index is 13.7. The number of fused-ring (bicyclic) bond motifs is 10. The zero-order valence-electron chi connectivity index (χ0n) is 94.0. The van der Waals surface area contributed by atoms with Gasteiger partial charge in [-0.15, -0.1) is 0 Å². The number of methoxy groups -OCH3 is 3. The number of carbonyl (C=O) groups excluding carboxylic acids is 4. The Morgan fingerprint density at radius 3 is 1.27 bits per heavy atom. The number of Topliss-reactive ketones (excluding diaryl/α,β-unsaturated/α-hetero) is 4. The number of nitrogens with one attached hydrogen (secondary N) is 4. The predicted octanol–water partition coefficient (Wildman–Crippen LogP) is 23.5. The summed E-state index contributed by atoms with van der Waals surface area (Å²) in [6.45, 7) is 30.0. The maximum atomic E-state index is 13.7. The summed E-state index contributed by atoms with van der Waals surface area (Å²) in [6.07, 6.45) is 30.1. The fourth-order valence-corrected chi connectivity index (χ4v) is 27.3. The molecule has 9 aliphatic rings. The third kappa shape index (κ3) is 32.7. The minimum Gasteiger partial charge on any atom is -0.508 e. The monoisotopic (exact) mass is 2080 g/mol. The van der Waals surface area contributed by atoms with E-state index in [0.29, 0.717) is 136 Å². The Morgan fingerprint density at radius 1 is 0.425 bits per heavy atom. The van der Waals surface area contributed by atoms with Gasteiger partial charge in [0.15, 0.2) is 17.4 Å². The van der Waals surface area contributed by atoms with Crippen LogP contribution in [0.15, 0.2) is 146 Å². The second kappa shape index (κ2) is 58.6.